The van der Waals surface area contributed by atoms with E-state index in [0.717, 1.165) is 31.9 Å². The van der Waals surface area contributed by atoms with Crippen LogP contribution in [0.1, 0.15) is 87.4 Å². The van der Waals surface area contributed by atoms with E-state index in [1.165, 1.54) is 80.8 Å². The number of carbonyl (C=O) groups excluding carboxylic acids is 1. The minimum atomic E-state index is -0.546. The molecule has 0 aliphatic heterocycles. The van der Waals surface area contributed by atoms with Crippen LogP contribution < -0.4 is 4.57 Å². The molecule has 5 nitrogen and oxygen atoms in total. The highest BCUT2D eigenvalue weighted by atomic mass is 16.5. The predicted octanol–water partition coefficient (Wildman–Crippen LogP) is 7.08. The highest BCUT2D eigenvalue weighted by Crippen LogP contribution is 2.23. The quantitative estimate of drug-likeness (QED) is 0.131. The number of phenols is 2. The Morgan fingerprint density at radius 3 is 2.00 bits per heavy atom. The van der Waals surface area contributed by atoms with E-state index < -0.39 is 5.97 Å². The SMILES string of the molecule is O=C(OCCCCCCCCCCCCCC[n+]1cccc2ccccc21)c1ccc(O)cc1O. The third-order valence-corrected chi connectivity index (χ3v) is 6.52. The van der Waals surface area contributed by atoms with Gasteiger partial charge in [-0.25, -0.2) is 4.79 Å². The number of benzene rings is 2. The molecule has 3 aromatic rings. The normalized spacial score (nSPS) is 11.1. The van der Waals surface area contributed by atoms with Crippen LogP contribution in [0, 0.1) is 0 Å². The van der Waals surface area contributed by atoms with Gasteiger partial charge in [-0.1, -0.05) is 69.9 Å². The summed E-state index contributed by atoms with van der Waals surface area (Å²) in [4.78, 5) is 11.9. The van der Waals surface area contributed by atoms with Gasteiger partial charge in [-0.3, -0.25) is 0 Å². The zero-order chi connectivity index (χ0) is 24.7. The Morgan fingerprint density at radius 2 is 1.31 bits per heavy atom. The molecule has 0 saturated carbocycles. The lowest BCUT2D eigenvalue weighted by Gasteiger charge is -2.07. The molecule has 0 radical (unpaired) electrons. The molecule has 3 rings (SSSR count). The number of ether oxygens (including phenoxy) is 1. The Labute approximate surface area is 209 Å². The minimum Gasteiger partial charge on any atom is -0.508 e. The van der Waals surface area contributed by atoms with Gasteiger partial charge in [-0.15, -0.1) is 0 Å². The molecular formula is C30H40NO4+. The number of aryl methyl sites for hydroxylation is 1. The van der Waals surface area contributed by atoms with Crippen LogP contribution in [0.15, 0.2) is 60.8 Å². The molecule has 2 N–H and O–H groups in total. The van der Waals surface area contributed by atoms with Gasteiger partial charge in [0.2, 0.25) is 5.52 Å². The van der Waals surface area contributed by atoms with Crippen LogP contribution in [0.25, 0.3) is 10.9 Å². The lowest BCUT2D eigenvalue weighted by Crippen LogP contribution is -2.33. The van der Waals surface area contributed by atoms with E-state index in [0.29, 0.717) is 6.61 Å². The van der Waals surface area contributed by atoms with Crippen molar-refractivity contribution in [3.8, 4) is 11.5 Å². The molecule has 0 spiro atoms. The van der Waals surface area contributed by atoms with E-state index in [4.69, 9.17) is 4.74 Å². The number of para-hydroxylation sites is 1. The van der Waals surface area contributed by atoms with Crippen LogP contribution in [0.2, 0.25) is 0 Å². The number of rotatable bonds is 16. The van der Waals surface area contributed by atoms with Gasteiger partial charge >= 0.3 is 5.97 Å². The lowest BCUT2D eigenvalue weighted by molar-refractivity contribution is -0.671. The molecule has 1 heterocycles. The number of esters is 1. The van der Waals surface area contributed by atoms with E-state index in [-0.39, 0.29) is 17.1 Å². The lowest BCUT2D eigenvalue weighted by atomic mass is 10.1. The van der Waals surface area contributed by atoms with Crippen LogP contribution in [-0.2, 0) is 11.3 Å². The van der Waals surface area contributed by atoms with Gasteiger partial charge in [-0.05, 0) is 37.1 Å². The molecule has 2 aromatic carbocycles. The van der Waals surface area contributed by atoms with E-state index in [1.807, 2.05) is 0 Å². The maximum absolute atomic E-state index is 11.9. The number of hydrogen-bond acceptors (Lipinski definition) is 4. The molecule has 188 valence electrons. The van der Waals surface area contributed by atoms with Crippen LogP contribution in [0.3, 0.4) is 0 Å². The first kappa shape index (κ1) is 26.5. The summed E-state index contributed by atoms with van der Waals surface area (Å²) in [6.07, 6.45) is 16.9. The van der Waals surface area contributed by atoms with Crippen LogP contribution >= 0.6 is 0 Å². The second-order valence-electron chi connectivity index (χ2n) is 9.34. The molecule has 0 unspecified atom stereocenters. The fourth-order valence-corrected chi connectivity index (χ4v) is 4.50. The first-order chi connectivity index (χ1) is 17.1. The summed E-state index contributed by atoms with van der Waals surface area (Å²) in [6, 6.07) is 16.8. The number of fused-ring (bicyclic) bond motifs is 1. The summed E-state index contributed by atoms with van der Waals surface area (Å²) in [6.45, 7) is 1.46. The Hall–Kier alpha value is -3.08. The van der Waals surface area contributed by atoms with E-state index in [1.54, 1.807) is 0 Å². The molecule has 35 heavy (non-hydrogen) atoms. The molecular weight excluding hydrogens is 438 g/mol. The molecule has 0 aliphatic carbocycles. The number of aromatic hydroxyl groups is 2. The van der Waals surface area contributed by atoms with Crippen molar-refractivity contribution >= 4 is 16.9 Å². The van der Waals surface area contributed by atoms with E-state index in [9.17, 15) is 15.0 Å². The third-order valence-electron chi connectivity index (χ3n) is 6.52. The maximum Gasteiger partial charge on any atom is 0.341 e. The molecule has 0 saturated heterocycles. The fourth-order valence-electron chi connectivity index (χ4n) is 4.50. The predicted molar refractivity (Wildman–Crippen MR) is 140 cm³/mol. The van der Waals surface area contributed by atoms with E-state index in [2.05, 4.69) is 47.2 Å². The van der Waals surface area contributed by atoms with Crippen LogP contribution in [0.5, 0.6) is 11.5 Å². The standard InChI is InChI=1S/C30H39NO4/c32-26-19-20-27(29(33)24-26)30(34)35-23-14-10-8-6-4-2-1-3-5-7-9-13-21-31-22-15-17-25-16-11-12-18-28(25)31/h11-12,15-20,22,24H,1-10,13-14,21,23H2,(H-,32,33,34)/p+1. The smallest absolute Gasteiger partial charge is 0.341 e. The topological polar surface area (TPSA) is 70.6 Å². The van der Waals surface area contributed by atoms with Crippen molar-refractivity contribution in [1.82, 2.24) is 0 Å². The van der Waals surface area contributed by atoms with E-state index >= 15 is 0 Å². The first-order valence-electron chi connectivity index (χ1n) is 13.2. The second kappa shape index (κ2) is 15.0. The fraction of sp³-hybridized carbons (Fsp3) is 0.467. The van der Waals surface area contributed by atoms with Crippen molar-refractivity contribution in [3.63, 3.8) is 0 Å². The Bertz CT molecular complexity index is 1040. The zero-order valence-electron chi connectivity index (χ0n) is 20.8. The van der Waals surface area contributed by atoms with Crippen molar-refractivity contribution < 1.29 is 24.3 Å². The summed E-state index contributed by atoms with van der Waals surface area (Å²) in [5.74, 6) is -0.879. The van der Waals surface area contributed by atoms with Crippen molar-refractivity contribution in [1.29, 1.82) is 0 Å². The summed E-state index contributed by atoms with van der Waals surface area (Å²) in [7, 11) is 0. The van der Waals surface area contributed by atoms with Gasteiger partial charge in [0.1, 0.15) is 23.6 Å². The summed E-state index contributed by atoms with van der Waals surface area (Å²) in [5, 5.41) is 20.3. The van der Waals surface area contributed by atoms with Crippen LogP contribution in [0.4, 0.5) is 0 Å². The number of aromatic nitrogens is 1. The largest absolute Gasteiger partial charge is 0.508 e. The number of nitrogens with zero attached hydrogens (tertiary/aromatic N) is 1. The highest BCUT2D eigenvalue weighted by molar-refractivity contribution is 5.92. The molecule has 0 bridgehead atoms. The number of hydrogen-bond donors (Lipinski definition) is 2. The minimum absolute atomic E-state index is 0.0778. The molecule has 0 atom stereocenters. The molecule has 5 heteroatoms. The van der Waals surface area contributed by atoms with Gasteiger partial charge in [0.15, 0.2) is 6.20 Å². The molecule has 0 amide bonds. The highest BCUT2D eigenvalue weighted by Gasteiger charge is 2.12. The van der Waals surface area contributed by atoms with Crippen molar-refractivity contribution in [3.05, 3.63) is 66.4 Å². The van der Waals surface area contributed by atoms with Crippen LogP contribution in [-0.4, -0.2) is 22.8 Å². The van der Waals surface area contributed by atoms with Gasteiger partial charge in [0.25, 0.3) is 0 Å². The molecule has 0 aliphatic rings. The monoisotopic (exact) mass is 478 g/mol. The van der Waals surface area contributed by atoms with Gasteiger partial charge < -0.3 is 14.9 Å². The third kappa shape index (κ3) is 9.23. The Kier molecular flexibility index (Phi) is 11.4. The average molecular weight is 479 g/mol. The summed E-state index contributed by atoms with van der Waals surface area (Å²) >= 11 is 0. The number of pyridine rings is 1. The number of carbonyl (C=O) groups is 1. The van der Waals surface area contributed by atoms with Crippen molar-refractivity contribution in [2.45, 2.75) is 83.6 Å². The number of unbranched alkanes of at least 4 members (excludes halogenated alkanes) is 11. The second-order valence-corrected chi connectivity index (χ2v) is 9.34. The number of phenolic OH excluding ortho intramolecular Hbond substituents is 2. The van der Waals surface area contributed by atoms with Gasteiger partial charge in [-0.2, -0.15) is 4.57 Å². The molecule has 0 fully saturated rings. The summed E-state index contributed by atoms with van der Waals surface area (Å²) < 4.78 is 7.59. The Balaban J connectivity index is 1.10. The van der Waals surface area contributed by atoms with Gasteiger partial charge in [0, 0.05) is 30.0 Å². The van der Waals surface area contributed by atoms with Crippen molar-refractivity contribution in [2.75, 3.05) is 6.61 Å². The average Bonchev–Trinajstić information content (AvgIpc) is 2.86. The van der Waals surface area contributed by atoms with Gasteiger partial charge in [0.05, 0.1) is 6.61 Å². The van der Waals surface area contributed by atoms with Crippen molar-refractivity contribution in [2.24, 2.45) is 0 Å². The molecule has 1 aromatic heterocycles. The zero-order valence-corrected chi connectivity index (χ0v) is 20.8. The summed E-state index contributed by atoms with van der Waals surface area (Å²) in [5.41, 5.74) is 1.41. The Morgan fingerprint density at radius 1 is 0.714 bits per heavy atom. The first-order valence-corrected chi connectivity index (χ1v) is 13.2. The maximum atomic E-state index is 11.9.